The van der Waals surface area contributed by atoms with Crippen LogP contribution in [0.1, 0.15) is 28.1 Å². The van der Waals surface area contributed by atoms with E-state index in [0.29, 0.717) is 13.1 Å². The van der Waals surface area contributed by atoms with E-state index in [1.54, 1.807) is 11.3 Å². The quantitative estimate of drug-likeness (QED) is 0.821. The lowest BCUT2D eigenvalue weighted by Gasteiger charge is -2.30. The van der Waals surface area contributed by atoms with E-state index in [1.807, 2.05) is 47.8 Å². The van der Waals surface area contributed by atoms with Gasteiger partial charge in [-0.05, 0) is 37.4 Å². The van der Waals surface area contributed by atoms with Crippen molar-refractivity contribution in [3.05, 3.63) is 58.3 Å². The summed E-state index contributed by atoms with van der Waals surface area (Å²) in [5.41, 5.74) is 0.796. The van der Waals surface area contributed by atoms with E-state index in [1.165, 1.54) is 0 Å². The number of benzene rings is 1. The molecule has 126 valence electrons. The first-order chi connectivity index (χ1) is 11.7. The van der Waals surface area contributed by atoms with Crippen LogP contribution in [0.15, 0.2) is 47.8 Å². The maximum atomic E-state index is 12.5. The molecule has 1 fully saturated rings. The Morgan fingerprint density at radius 2 is 1.83 bits per heavy atom. The highest BCUT2D eigenvalue weighted by Gasteiger charge is 2.26. The maximum Gasteiger partial charge on any atom is 0.234 e. The van der Waals surface area contributed by atoms with Crippen molar-refractivity contribution in [2.75, 3.05) is 19.6 Å². The zero-order chi connectivity index (χ0) is 16.8. The molecular weight excluding hydrogens is 320 g/mol. The number of rotatable bonds is 6. The van der Waals surface area contributed by atoms with E-state index >= 15 is 0 Å². The maximum absolute atomic E-state index is 12.5. The van der Waals surface area contributed by atoms with Crippen molar-refractivity contribution in [3.63, 3.8) is 0 Å². The number of ketones is 1. The number of hydrogen-bond acceptors (Lipinski definition) is 4. The smallest absolute Gasteiger partial charge is 0.234 e. The van der Waals surface area contributed by atoms with Crippen molar-refractivity contribution >= 4 is 23.0 Å². The van der Waals surface area contributed by atoms with Crippen molar-refractivity contribution in [3.8, 4) is 0 Å². The van der Waals surface area contributed by atoms with Gasteiger partial charge in [0.15, 0.2) is 5.78 Å². The summed E-state index contributed by atoms with van der Waals surface area (Å²) >= 11 is 1.65. The highest BCUT2D eigenvalue weighted by molar-refractivity contribution is 7.09. The van der Waals surface area contributed by atoms with Gasteiger partial charge in [0.25, 0.3) is 0 Å². The molecule has 0 radical (unpaired) electrons. The Kier molecular flexibility index (Phi) is 5.77. The topological polar surface area (TPSA) is 49.4 Å². The molecule has 4 nitrogen and oxygen atoms in total. The fourth-order valence-corrected chi connectivity index (χ4v) is 3.69. The minimum atomic E-state index is 0.0521. The number of carbonyl (C=O) groups is 2. The van der Waals surface area contributed by atoms with Gasteiger partial charge in [-0.1, -0.05) is 36.4 Å². The van der Waals surface area contributed by atoms with Gasteiger partial charge in [-0.2, -0.15) is 0 Å². The fraction of sp³-hybridized carbons (Fsp3) is 0.368. The number of carbonyl (C=O) groups excluding carboxylic acids is 2. The van der Waals surface area contributed by atoms with Crippen LogP contribution in [-0.4, -0.2) is 36.2 Å². The Hall–Kier alpha value is -1.98. The van der Waals surface area contributed by atoms with Gasteiger partial charge in [-0.15, -0.1) is 11.3 Å². The first-order valence-corrected chi connectivity index (χ1v) is 9.21. The second kappa shape index (κ2) is 8.22. The van der Waals surface area contributed by atoms with Crippen LogP contribution >= 0.6 is 11.3 Å². The van der Waals surface area contributed by atoms with Crippen molar-refractivity contribution in [2.24, 2.45) is 5.92 Å². The van der Waals surface area contributed by atoms with E-state index in [4.69, 9.17) is 0 Å². The number of Topliss-reactive ketones (excluding diaryl/α,β-unsaturated/α-hetero) is 1. The van der Waals surface area contributed by atoms with Gasteiger partial charge in [0.1, 0.15) is 0 Å². The molecule has 1 aromatic heterocycles. The molecule has 0 aliphatic carbocycles. The molecular formula is C19H22N2O2S. The van der Waals surface area contributed by atoms with Gasteiger partial charge in [0.05, 0.1) is 13.1 Å². The fourth-order valence-electron chi connectivity index (χ4n) is 3.05. The Morgan fingerprint density at radius 1 is 1.08 bits per heavy atom. The van der Waals surface area contributed by atoms with Crippen LogP contribution in [0.5, 0.6) is 0 Å². The third kappa shape index (κ3) is 4.52. The molecule has 24 heavy (non-hydrogen) atoms. The van der Waals surface area contributed by atoms with E-state index in [-0.39, 0.29) is 17.6 Å². The summed E-state index contributed by atoms with van der Waals surface area (Å²) in [4.78, 5) is 27.8. The van der Waals surface area contributed by atoms with Gasteiger partial charge in [-0.25, -0.2) is 0 Å². The zero-order valence-corrected chi connectivity index (χ0v) is 14.4. The van der Waals surface area contributed by atoms with Gasteiger partial charge < -0.3 is 5.32 Å². The summed E-state index contributed by atoms with van der Waals surface area (Å²) in [5, 5.41) is 4.96. The highest BCUT2D eigenvalue weighted by atomic mass is 32.1. The predicted octanol–water partition coefficient (Wildman–Crippen LogP) is 2.96. The van der Waals surface area contributed by atoms with E-state index in [9.17, 15) is 9.59 Å². The Bertz CT molecular complexity index is 662. The summed E-state index contributed by atoms with van der Waals surface area (Å²) in [7, 11) is 0. The predicted molar refractivity (Wildman–Crippen MR) is 96.1 cm³/mol. The van der Waals surface area contributed by atoms with Gasteiger partial charge in [0.2, 0.25) is 5.91 Å². The van der Waals surface area contributed by atoms with Crippen LogP contribution in [0.4, 0.5) is 0 Å². The van der Waals surface area contributed by atoms with Crippen LogP contribution < -0.4 is 5.32 Å². The first-order valence-electron chi connectivity index (χ1n) is 8.33. The molecule has 1 N–H and O–H groups in total. The summed E-state index contributed by atoms with van der Waals surface area (Å²) in [5.74, 6) is 0.367. The van der Waals surface area contributed by atoms with Crippen LogP contribution in [0.3, 0.4) is 0 Å². The third-order valence-electron chi connectivity index (χ3n) is 4.42. The molecule has 1 saturated heterocycles. The van der Waals surface area contributed by atoms with E-state index in [0.717, 1.165) is 36.4 Å². The van der Waals surface area contributed by atoms with Crippen molar-refractivity contribution in [1.29, 1.82) is 0 Å². The number of hydrogen-bond donors (Lipinski definition) is 1. The lowest BCUT2D eigenvalue weighted by molar-refractivity contribution is -0.122. The van der Waals surface area contributed by atoms with E-state index in [2.05, 4.69) is 10.2 Å². The van der Waals surface area contributed by atoms with Crippen LogP contribution in [0, 0.1) is 5.92 Å². The molecule has 1 amide bonds. The van der Waals surface area contributed by atoms with Gasteiger partial charge >= 0.3 is 0 Å². The monoisotopic (exact) mass is 342 g/mol. The Balaban J connectivity index is 1.42. The molecule has 0 spiro atoms. The van der Waals surface area contributed by atoms with Crippen LogP contribution in [0.2, 0.25) is 0 Å². The molecule has 0 atom stereocenters. The largest absolute Gasteiger partial charge is 0.350 e. The molecule has 0 bridgehead atoms. The molecule has 2 aromatic rings. The summed E-state index contributed by atoms with van der Waals surface area (Å²) in [6.45, 7) is 2.61. The number of thiophene rings is 1. The third-order valence-corrected chi connectivity index (χ3v) is 5.30. The number of nitrogens with zero attached hydrogens (tertiary/aromatic N) is 1. The molecule has 1 aliphatic rings. The Morgan fingerprint density at radius 3 is 2.50 bits per heavy atom. The van der Waals surface area contributed by atoms with Gasteiger partial charge in [-0.3, -0.25) is 14.5 Å². The van der Waals surface area contributed by atoms with Crippen LogP contribution in [-0.2, 0) is 11.3 Å². The average Bonchev–Trinajstić information content (AvgIpc) is 3.14. The van der Waals surface area contributed by atoms with Crippen molar-refractivity contribution < 1.29 is 9.59 Å². The molecule has 0 unspecified atom stereocenters. The van der Waals surface area contributed by atoms with Crippen molar-refractivity contribution in [1.82, 2.24) is 10.2 Å². The highest BCUT2D eigenvalue weighted by Crippen LogP contribution is 2.21. The molecule has 3 rings (SSSR count). The number of nitrogens with one attached hydrogen (secondary N) is 1. The summed E-state index contributed by atoms with van der Waals surface area (Å²) in [6, 6.07) is 13.5. The number of amides is 1. The SMILES string of the molecule is O=C(CN1CCC(C(=O)c2ccccc2)CC1)NCc1cccs1. The second-order valence-corrected chi connectivity index (χ2v) is 7.17. The normalized spacial score (nSPS) is 16.0. The standard InChI is InChI=1S/C19H22N2O2S/c22-18(20-13-17-7-4-12-24-17)14-21-10-8-16(9-11-21)19(23)15-5-2-1-3-6-15/h1-7,12,16H,8-11,13-14H2,(H,20,22). The molecule has 1 aliphatic heterocycles. The minimum Gasteiger partial charge on any atom is -0.350 e. The van der Waals surface area contributed by atoms with Gasteiger partial charge in [0, 0.05) is 16.4 Å². The molecule has 1 aromatic carbocycles. The first kappa shape index (κ1) is 16.9. The lowest BCUT2D eigenvalue weighted by atomic mass is 9.89. The van der Waals surface area contributed by atoms with E-state index < -0.39 is 0 Å². The van der Waals surface area contributed by atoms with Crippen LogP contribution in [0.25, 0.3) is 0 Å². The average molecular weight is 342 g/mol. The molecule has 2 heterocycles. The number of piperidine rings is 1. The van der Waals surface area contributed by atoms with Crippen molar-refractivity contribution in [2.45, 2.75) is 19.4 Å². The summed E-state index contributed by atoms with van der Waals surface area (Å²) < 4.78 is 0. The summed E-state index contributed by atoms with van der Waals surface area (Å²) in [6.07, 6.45) is 1.65. The zero-order valence-electron chi connectivity index (χ0n) is 13.6. The molecule has 5 heteroatoms. The lowest BCUT2D eigenvalue weighted by Crippen LogP contribution is -2.42. The minimum absolute atomic E-state index is 0.0521. The molecule has 0 saturated carbocycles. The second-order valence-electron chi connectivity index (χ2n) is 6.14. The Labute approximate surface area is 146 Å². The number of likely N-dealkylation sites (tertiary alicyclic amines) is 1.